The van der Waals surface area contributed by atoms with E-state index in [4.69, 9.17) is 0 Å². The first-order valence-electron chi connectivity index (χ1n) is 10.1. The van der Waals surface area contributed by atoms with E-state index in [1.807, 2.05) is 0 Å². The van der Waals surface area contributed by atoms with E-state index >= 15 is 0 Å². The lowest BCUT2D eigenvalue weighted by atomic mass is 10.4. The zero-order chi connectivity index (χ0) is 19.0. The average molecular weight is 371 g/mol. The SMILES string of the molecule is CCCC[P+](CCCC)(CCCC)CCCC.O=C([O-])c1ccco1. The highest BCUT2D eigenvalue weighted by Gasteiger charge is 2.34. The maximum Gasteiger partial charge on any atom is 0.149 e. The van der Waals surface area contributed by atoms with Gasteiger partial charge in [0.25, 0.3) is 0 Å². The number of rotatable bonds is 13. The van der Waals surface area contributed by atoms with Crippen LogP contribution in [0.15, 0.2) is 22.8 Å². The van der Waals surface area contributed by atoms with Crippen molar-refractivity contribution >= 4 is 13.2 Å². The van der Waals surface area contributed by atoms with Crippen molar-refractivity contribution in [1.29, 1.82) is 0 Å². The van der Waals surface area contributed by atoms with Crippen molar-refractivity contribution in [2.24, 2.45) is 0 Å². The van der Waals surface area contributed by atoms with E-state index in [1.165, 1.54) is 69.8 Å². The Kier molecular flexibility index (Phi) is 14.9. The van der Waals surface area contributed by atoms with Crippen molar-refractivity contribution in [3.63, 3.8) is 0 Å². The Morgan fingerprint density at radius 1 is 0.880 bits per heavy atom. The summed E-state index contributed by atoms with van der Waals surface area (Å²) in [6.45, 7) is 9.42. The summed E-state index contributed by atoms with van der Waals surface area (Å²) in [7, 11) is -0.562. The molecule has 1 aromatic rings. The Morgan fingerprint density at radius 3 is 1.48 bits per heavy atom. The minimum atomic E-state index is -1.28. The van der Waals surface area contributed by atoms with Crippen LogP contribution in [0.5, 0.6) is 0 Å². The lowest BCUT2D eigenvalue weighted by molar-refractivity contribution is -0.257. The van der Waals surface area contributed by atoms with Crippen LogP contribution in [0.25, 0.3) is 0 Å². The third kappa shape index (κ3) is 11.4. The molecular weight excluding hydrogens is 331 g/mol. The van der Waals surface area contributed by atoms with Crippen LogP contribution in [-0.4, -0.2) is 30.6 Å². The molecule has 0 aliphatic heterocycles. The van der Waals surface area contributed by atoms with Crippen molar-refractivity contribution < 1.29 is 14.3 Å². The van der Waals surface area contributed by atoms with E-state index in [1.54, 1.807) is 24.6 Å². The van der Waals surface area contributed by atoms with Crippen LogP contribution >= 0.6 is 7.26 Å². The molecule has 0 atom stereocenters. The zero-order valence-electron chi connectivity index (χ0n) is 16.9. The fraction of sp³-hybridized carbons (Fsp3) is 0.762. The summed E-state index contributed by atoms with van der Waals surface area (Å²) < 4.78 is 4.43. The van der Waals surface area contributed by atoms with Crippen LogP contribution in [-0.2, 0) is 0 Å². The second-order valence-electron chi connectivity index (χ2n) is 6.92. The molecule has 146 valence electrons. The number of carboxylic acids is 1. The summed E-state index contributed by atoms with van der Waals surface area (Å²) in [5.41, 5.74) is 0. The summed E-state index contributed by atoms with van der Waals surface area (Å²) in [4.78, 5) is 9.86. The highest BCUT2D eigenvalue weighted by molar-refractivity contribution is 7.75. The van der Waals surface area contributed by atoms with E-state index in [0.29, 0.717) is 0 Å². The lowest BCUT2D eigenvalue weighted by Crippen LogP contribution is -2.21. The summed E-state index contributed by atoms with van der Waals surface area (Å²) in [5.74, 6) is -1.42. The number of unbranched alkanes of at least 4 members (excludes halogenated alkanes) is 4. The largest absolute Gasteiger partial charge is 0.542 e. The number of carboxylic acid groups (broad SMARTS) is 1. The molecule has 4 heteroatoms. The molecule has 0 radical (unpaired) electrons. The van der Waals surface area contributed by atoms with Crippen LogP contribution in [0.2, 0.25) is 0 Å². The minimum absolute atomic E-state index is 0.134. The monoisotopic (exact) mass is 370 g/mol. The highest BCUT2D eigenvalue weighted by Crippen LogP contribution is 2.61. The van der Waals surface area contributed by atoms with Crippen LogP contribution in [0.1, 0.15) is 89.6 Å². The van der Waals surface area contributed by atoms with Crippen molar-refractivity contribution in [3.8, 4) is 0 Å². The maximum absolute atomic E-state index is 9.86. The van der Waals surface area contributed by atoms with E-state index in [0.717, 1.165) is 0 Å². The molecule has 0 saturated heterocycles. The Bertz CT molecular complexity index is 377. The Morgan fingerprint density at radius 2 is 1.28 bits per heavy atom. The molecule has 0 aliphatic carbocycles. The summed E-state index contributed by atoms with van der Waals surface area (Å²) in [6, 6.07) is 2.82. The summed E-state index contributed by atoms with van der Waals surface area (Å²) >= 11 is 0. The fourth-order valence-corrected chi connectivity index (χ4v) is 8.33. The highest BCUT2D eigenvalue weighted by atomic mass is 31.2. The zero-order valence-corrected chi connectivity index (χ0v) is 17.8. The topological polar surface area (TPSA) is 53.3 Å². The molecular formula is C21H39O3P. The van der Waals surface area contributed by atoms with Crippen LogP contribution in [0.4, 0.5) is 0 Å². The molecule has 3 nitrogen and oxygen atoms in total. The molecule has 0 unspecified atom stereocenters. The van der Waals surface area contributed by atoms with Gasteiger partial charge >= 0.3 is 0 Å². The molecule has 1 rings (SSSR count). The van der Waals surface area contributed by atoms with Gasteiger partial charge in [-0.3, -0.25) is 0 Å². The molecule has 0 aliphatic rings. The smallest absolute Gasteiger partial charge is 0.149 e. The van der Waals surface area contributed by atoms with Crippen LogP contribution < -0.4 is 5.11 Å². The molecule has 0 saturated carbocycles. The quantitative estimate of drug-likeness (QED) is 0.409. The van der Waals surface area contributed by atoms with Gasteiger partial charge in [-0.15, -0.1) is 0 Å². The van der Waals surface area contributed by atoms with Gasteiger partial charge in [0.1, 0.15) is 11.7 Å². The fourth-order valence-electron chi connectivity index (χ4n) is 3.04. The number of furan rings is 1. The molecule has 1 aromatic heterocycles. The Balaban J connectivity index is 0.000000593. The standard InChI is InChI=1S/C16H36P.C5H4O3/c1-5-9-13-17(14-10-6-2,15-11-7-3)16-12-8-4;6-5(7)4-2-1-3-8-4/h5-16H2,1-4H3;1-3H,(H,6,7)/q+1;/p-1. The second kappa shape index (κ2) is 15.4. The van der Waals surface area contributed by atoms with Crippen molar-refractivity contribution in [2.75, 3.05) is 24.6 Å². The van der Waals surface area contributed by atoms with Crippen molar-refractivity contribution in [3.05, 3.63) is 24.2 Å². The first kappa shape index (κ1) is 24.2. The Hall–Kier alpha value is -0.820. The molecule has 25 heavy (non-hydrogen) atoms. The van der Waals surface area contributed by atoms with E-state index in [9.17, 15) is 9.90 Å². The minimum Gasteiger partial charge on any atom is -0.542 e. The van der Waals surface area contributed by atoms with Crippen molar-refractivity contribution in [1.82, 2.24) is 0 Å². The van der Waals surface area contributed by atoms with Gasteiger partial charge in [0.15, 0.2) is 0 Å². The van der Waals surface area contributed by atoms with E-state index < -0.39 is 13.2 Å². The number of carbonyl (C=O) groups excluding carboxylic acids is 1. The van der Waals surface area contributed by atoms with Gasteiger partial charge < -0.3 is 14.3 Å². The van der Waals surface area contributed by atoms with Gasteiger partial charge in [-0.1, -0.05) is 53.4 Å². The van der Waals surface area contributed by atoms with Gasteiger partial charge in [0.05, 0.1) is 30.9 Å². The third-order valence-electron chi connectivity index (χ3n) is 4.67. The van der Waals surface area contributed by atoms with Crippen LogP contribution in [0, 0.1) is 0 Å². The average Bonchev–Trinajstić information content (AvgIpc) is 3.16. The van der Waals surface area contributed by atoms with E-state index in [-0.39, 0.29) is 5.76 Å². The van der Waals surface area contributed by atoms with E-state index in [2.05, 4.69) is 32.1 Å². The summed E-state index contributed by atoms with van der Waals surface area (Å²) in [6.07, 6.45) is 19.2. The molecule has 0 N–H and O–H groups in total. The van der Waals surface area contributed by atoms with Gasteiger partial charge in [0, 0.05) is 7.26 Å². The first-order chi connectivity index (χ1) is 12.0. The van der Waals surface area contributed by atoms with Gasteiger partial charge in [-0.05, 0) is 37.8 Å². The lowest BCUT2D eigenvalue weighted by Gasteiger charge is -2.28. The number of hydrogen-bond donors (Lipinski definition) is 0. The molecule has 0 bridgehead atoms. The second-order valence-corrected chi connectivity index (χ2v) is 11.4. The normalized spacial score (nSPS) is 11.0. The molecule has 0 fully saturated rings. The molecule has 1 heterocycles. The van der Waals surface area contributed by atoms with Crippen LogP contribution in [0.3, 0.4) is 0 Å². The number of hydrogen-bond acceptors (Lipinski definition) is 3. The molecule has 0 spiro atoms. The van der Waals surface area contributed by atoms with Gasteiger partial charge in [0.2, 0.25) is 0 Å². The Labute approximate surface area is 155 Å². The maximum atomic E-state index is 9.86. The van der Waals surface area contributed by atoms with Gasteiger partial charge in [-0.25, -0.2) is 0 Å². The predicted octanol–water partition coefficient (Wildman–Crippen LogP) is 5.85. The van der Waals surface area contributed by atoms with Crippen molar-refractivity contribution in [2.45, 2.75) is 79.1 Å². The van der Waals surface area contributed by atoms with Gasteiger partial charge in [-0.2, -0.15) is 0 Å². The summed E-state index contributed by atoms with van der Waals surface area (Å²) in [5, 5.41) is 9.86. The number of aromatic carboxylic acids is 1. The number of carbonyl (C=O) groups is 1. The molecule has 0 aromatic carbocycles. The molecule has 0 amide bonds. The third-order valence-corrected chi connectivity index (χ3v) is 9.73. The first-order valence-corrected chi connectivity index (χ1v) is 12.7. The predicted molar refractivity (Wildman–Crippen MR) is 109 cm³/mol.